The highest BCUT2D eigenvalue weighted by molar-refractivity contribution is 5.86. The highest BCUT2D eigenvalue weighted by atomic mass is 16.5. The summed E-state index contributed by atoms with van der Waals surface area (Å²) < 4.78 is 6.34. The molecule has 0 aliphatic carbocycles. The lowest BCUT2D eigenvalue weighted by Crippen LogP contribution is -2.06. The lowest BCUT2D eigenvalue weighted by Gasteiger charge is -2.05. The van der Waals surface area contributed by atoms with Gasteiger partial charge in [0.1, 0.15) is 0 Å². The average molecular weight is 230 g/mol. The fourth-order valence-electron chi connectivity index (χ4n) is 1.63. The summed E-state index contributed by atoms with van der Waals surface area (Å²) in [5.74, 6) is -0.409. The number of rotatable bonds is 3. The van der Waals surface area contributed by atoms with E-state index in [1.165, 1.54) is 18.2 Å². The zero-order valence-electron chi connectivity index (χ0n) is 9.88. The van der Waals surface area contributed by atoms with Gasteiger partial charge in [-0.2, -0.15) is 5.10 Å². The van der Waals surface area contributed by atoms with Crippen LogP contribution in [0.15, 0.2) is 36.5 Å². The van der Waals surface area contributed by atoms with Crippen molar-refractivity contribution in [2.24, 2.45) is 0 Å². The van der Waals surface area contributed by atoms with Crippen LogP contribution >= 0.6 is 0 Å². The van der Waals surface area contributed by atoms with E-state index in [4.69, 9.17) is 0 Å². The number of nitrogens with zero attached hydrogens (tertiary/aromatic N) is 2. The van der Waals surface area contributed by atoms with Crippen LogP contribution in [0.2, 0.25) is 0 Å². The third-order valence-corrected chi connectivity index (χ3v) is 2.63. The van der Waals surface area contributed by atoms with Gasteiger partial charge in [0.05, 0.1) is 13.7 Å². The highest BCUT2D eigenvalue weighted by Crippen LogP contribution is 2.09. The summed E-state index contributed by atoms with van der Waals surface area (Å²) in [6, 6.07) is 9.76. The lowest BCUT2D eigenvalue weighted by molar-refractivity contribution is 0.0593. The number of aromatic nitrogens is 2. The van der Waals surface area contributed by atoms with E-state index in [-0.39, 0.29) is 0 Å². The molecule has 2 rings (SSSR count). The number of hydrogen-bond donors (Lipinski definition) is 0. The lowest BCUT2D eigenvalue weighted by atomic mass is 10.1. The van der Waals surface area contributed by atoms with Crippen LogP contribution in [0, 0.1) is 6.92 Å². The normalized spacial score (nSPS) is 10.2. The Bertz CT molecular complexity index is 532. The summed E-state index contributed by atoms with van der Waals surface area (Å²) in [5.41, 5.74) is 2.73. The van der Waals surface area contributed by atoms with Crippen molar-refractivity contribution in [3.63, 3.8) is 0 Å². The first-order valence-electron chi connectivity index (χ1n) is 5.37. The fourth-order valence-corrected chi connectivity index (χ4v) is 1.63. The molecule has 0 saturated heterocycles. The number of carbonyl (C=O) groups excluding carboxylic acids is 1. The topological polar surface area (TPSA) is 44.1 Å². The monoisotopic (exact) mass is 230 g/mol. The molecule has 17 heavy (non-hydrogen) atoms. The van der Waals surface area contributed by atoms with E-state index in [0.717, 1.165) is 0 Å². The van der Waals surface area contributed by atoms with Crippen molar-refractivity contribution in [3.05, 3.63) is 53.3 Å². The number of esters is 1. The van der Waals surface area contributed by atoms with Gasteiger partial charge < -0.3 is 4.74 Å². The molecule has 0 fully saturated rings. The quantitative estimate of drug-likeness (QED) is 0.758. The Labute approximate surface area is 99.8 Å². The van der Waals surface area contributed by atoms with Crippen LogP contribution in [-0.4, -0.2) is 22.9 Å². The van der Waals surface area contributed by atoms with Crippen molar-refractivity contribution in [1.82, 2.24) is 9.78 Å². The van der Waals surface area contributed by atoms with Crippen molar-refractivity contribution in [3.8, 4) is 0 Å². The van der Waals surface area contributed by atoms with Crippen molar-refractivity contribution < 1.29 is 9.53 Å². The molecule has 0 spiro atoms. The predicted molar refractivity (Wildman–Crippen MR) is 63.8 cm³/mol. The standard InChI is InChI=1S/C13H14N2O2/c1-10-5-3-4-6-11(10)9-15-8-7-12(14-15)13(16)17-2/h3-8H,9H2,1-2H3. The van der Waals surface area contributed by atoms with Gasteiger partial charge in [0.25, 0.3) is 0 Å². The first-order valence-corrected chi connectivity index (χ1v) is 5.37. The third kappa shape index (κ3) is 2.53. The second-order valence-electron chi connectivity index (χ2n) is 3.82. The summed E-state index contributed by atoms with van der Waals surface area (Å²) in [4.78, 5) is 11.2. The molecule has 1 aromatic carbocycles. The molecular weight excluding hydrogens is 216 g/mol. The SMILES string of the molecule is COC(=O)c1ccn(Cc2ccccc2C)n1. The van der Waals surface area contributed by atoms with Gasteiger partial charge in [0.2, 0.25) is 0 Å². The Kier molecular flexibility index (Phi) is 3.23. The summed E-state index contributed by atoms with van der Waals surface area (Å²) >= 11 is 0. The zero-order chi connectivity index (χ0) is 12.3. The Balaban J connectivity index is 2.17. The van der Waals surface area contributed by atoms with E-state index in [1.807, 2.05) is 12.1 Å². The molecule has 0 atom stereocenters. The molecule has 0 amide bonds. The van der Waals surface area contributed by atoms with Crippen molar-refractivity contribution in [2.45, 2.75) is 13.5 Å². The van der Waals surface area contributed by atoms with Gasteiger partial charge in [-0.3, -0.25) is 4.68 Å². The molecule has 2 aromatic rings. The number of hydrogen-bond acceptors (Lipinski definition) is 3. The molecule has 0 unspecified atom stereocenters. The van der Waals surface area contributed by atoms with E-state index in [9.17, 15) is 4.79 Å². The number of benzene rings is 1. The van der Waals surface area contributed by atoms with Crippen LogP contribution in [0.5, 0.6) is 0 Å². The molecule has 1 heterocycles. The first kappa shape index (κ1) is 11.4. The van der Waals surface area contributed by atoms with E-state index in [2.05, 4.69) is 28.9 Å². The van der Waals surface area contributed by atoms with Crippen molar-refractivity contribution in [2.75, 3.05) is 7.11 Å². The molecule has 0 saturated carbocycles. The Morgan fingerprint density at radius 2 is 2.12 bits per heavy atom. The average Bonchev–Trinajstić information content (AvgIpc) is 2.80. The number of aryl methyl sites for hydroxylation is 1. The zero-order valence-corrected chi connectivity index (χ0v) is 9.88. The van der Waals surface area contributed by atoms with Gasteiger partial charge in [-0.25, -0.2) is 4.79 Å². The van der Waals surface area contributed by atoms with Gasteiger partial charge in [-0.15, -0.1) is 0 Å². The maximum Gasteiger partial charge on any atom is 0.358 e. The maximum absolute atomic E-state index is 11.2. The molecular formula is C13H14N2O2. The minimum atomic E-state index is -0.409. The van der Waals surface area contributed by atoms with E-state index in [1.54, 1.807) is 16.9 Å². The van der Waals surface area contributed by atoms with Crippen LogP contribution in [0.3, 0.4) is 0 Å². The van der Waals surface area contributed by atoms with Gasteiger partial charge >= 0.3 is 5.97 Å². The predicted octanol–water partition coefficient (Wildman–Crippen LogP) is 2.03. The smallest absolute Gasteiger partial charge is 0.358 e. The highest BCUT2D eigenvalue weighted by Gasteiger charge is 2.09. The van der Waals surface area contributed by atoms with Crippen LogP contribution in [0.25, 0.3) is 0 Å². The van der Waals surface area contributed by atoms with Gasteiger partial charge in [0.15, 0.2) is 5.69 Å². The fraction of sp³-hybridized carbons (Fsp3) is 0.231. The Morgan fingerprint density at radius 3 is 2.82 bits per heavy atom. The van der Waals surface area contributed by atoms with Gasteiger partial charge in [-0.1, -0.05) is 24.3 Å². The third-order valence-electron chi connectivity index (χ3n) is 2.63. The van der Waals surface area contributed by atoms with Gasteiger partial charge in [0, 0.05) is 6.20 Å². The summed E-state index contributed by atoms with van der Waals surface area (Å²) in [7, 11) is 1.35. The van der Waals surface area contributed by atoms with Crippen LogP contribution in [-0.2, 0) is 11.3 Å². The molecule has 0 aliphatic rings. The van der Waals surface area contributed by atoms with Crippen LogP contribution in [0.1, 0.15) is 21.6 Å². The number of methoxy groups -OCH3 is 1. The second-order valence-corrected chi connectivity index (χ2v) is 3.82. The van der Waals surface area contributed by atoms with E-state index < -0.39 is 5.97 Å². The minimum absolute atomic E-state index is 0.334. The minimum Gasteiger partial charge on any atom is -0.464 e. The van der Waals surface area contributed by atoms with E-state index >= 15 is 0 Å². The first-order chi connectivity index (χ1) is 8.20. The summed E-state index contributed by atoms with van der Waals surface area (Å²) in [5, 5.41) is 4.16. The van der Waals surface area contributed by atoms with E-state index in [0.29, 0.717) is 12.2 Å². The Morgan fingerprint density at radius 1 is 1.35 bits per heavy atom. The molecule has 0 bridgehead atoms. The van der Waals surface area contributed by atoms with Crippen LogP contribution in [0.4, 0.5) is 0 Å². The summed E-state index contributed by atoms with van der Waals surface area (Å²) in [6.07, 6.45) is 1.78. The number of ether oxygens (including phenoxy) is 1. The largest absolute Gasteiger partial charge is 0.464 e. The number of carbonyl (C=O) groups is 1. The molecule has 0 N–H and O–H groups in total. The maximum atomic E-state index is 11.2. The summed E-state index contributed by atoms with van der Waals surface area (Å²) in [6.45, 7) is 2.71. The molecule has 4 heteroatoms. The molecule has 0 aliphatic heterocycles. The molecule has 1 aromatic heterocycles. The van der Waals surface area contributed by atoms with Gasteiger partial charge in [-0.05, 0) is 24.1 Å². The Hall–Kier alpha value is -2.10. The molecule has 0 radical (unpaired) electrons. The van der Waals surface area contributed by atoms with Crippen molar-refractivity contribution in [1.29, 1.82) is 0 Å². The molecule has 4 nitrogen and oxygen atoms in total. The van der Waals surface area contributed by atoms with Crippen molar-refractivity contribution >= 4 is 5.97 Å². The molecule has 88 valence electrons. The second kappa shape index (κ2) is 4.82. The van der Waals surface area contributed by atoms with Crippen LogP contribution < -0.4 is 0 Å².